The first-order chi connectivity index (χ1) is 17.1. The Morgan fingerprint density at radius 2 is 1.78 bits per heavy atom. The molecule has 3 aromatic rings. The normalized spacial score (nSPS) is 15.0. The van der Waals surface area contributed by atoms with E-state index >= 15 is 0 Å². The molecule has 1 saturated heterocycles. The lowest BCUT2D eigenvalue weighted by Crippen LogP contribution is -2.32. The molecule has 192 valence electrons. The summed E-state index contributed by atoms with van der Waals surface area (Å²) in [6.45, 7) is -0.0816. The molecule has 0 radical (unpaired) electrons. The molecule has 0 aliphatic carbocycles. The van der Waals surface area contributed by atoms with Crippen LogP contribution in [-0.2, 0) is 19.6 Å². The molecule has 1 N–H and O–H groups in total. The van der Waals surface area contributed by atoms with E-state index in [1.165, 1.54) is 16.4 Å². The van der Waals surface area contributed by atoms with Crippen LogP contribution in [0.5, 0.6) is 0 Å². The van der Waals surface area contributed by atoms with Crippen molar-refractivity contribution in [3.05, 3.63) is 52.3 Å². The van der Waals surface area contributed by atoms with Crippen LogP contribution in [0.1, 0.15) is 36.0 Å². The highest BCUT2D eigenvalue weighted by molar-refractivity contribution is 7.89. The quantitative estimate of drug-likeness (QED) is 0.345. The second kappa shape index (κ2) is 10.7. The maximum Gasteiger partial charge on any atom is 0.338 e. The van der Waals surface area contributed by atoms with Gasteiger partial charge in [0.05, 0.1) is 15.3 Å². The molecule has 2 aromatic carbocycles. The number of thiazole rings is 1. The van der Waals surface area contributed by atoms with Gasteiger partial charge in [-0.1, -0.05) is 35.8 Å². The SMILES string of the molecule is O=C(COC(=O)c1ccc(Cl)c(S(=O)(=O)N2CCCCCC2)c1)Nc1nc2c(F)c(F)c(F)cc2s1. The van der Waals surface area contributed by atoms with Crippen LogP contribution in [0.25, 0.3) is 10.2 Å². The van der Waals surface area contributed by atoms with Crippen molar-refractivity contribution >= 4 is 60.2 Å². The number of halogens is 4. The van der Waals surface area contributed by atoms with Crippen LogP contribution in [0.4, 0.5) is 18.3 Å². The number of hydrogen-bond acceptors (Lipinski definition) is 7. The maximum atomic E-state index is 13.8. The zero-order valence-corrected chi connectivity index (χ0v) is 20.9. The highest BCUT2D eigenvalue weighted by Gasteiger charge is 2.28. The van der Waals surface area contributed by atoms with Crippen LogP contribution in [0.15, 0.2) is 29.2 Å². The van der Waals surface area contributed by atoms with Crippen molar-refractivity contribution in [1.29, 1.82) is 0 Å². The van der Waals surface area contributed by atoms with E-state index in [4.69, 9.17) is 16.3 Å². The summed E-state index contributed by atoms with van der Waals surface area (Å²) in [5.74, 6) is -6.39. The molecule has 14 heteroatoms. The van der Waals surface area contributed by atoms with Crippen LogP contribution in [0.3, 0.4) is 0 Å². The predicted octanol–water partition coefficient (Wildman–Crippen LogP) is 4.73. The average molecular weight is 562 g/mol. The van der Waals surface area contributed by atoms with Crippen LogP contribution in [-0.4, -0.2) is 49.3 Å². The number of fused-ring (bicyclic) bond motifs is 1. The Labute approximate surface area is 213 Å². The fourth-order valence-corrected chi connectivity index (χ4v) is 6.57. The van der Waals surface area contributed by atoms with Gasteiger partial charge in [-0.25, -0.2) is 31.4 Å². The van der Waals surface area contributed by atoms with E-state index in [1.807, 2.05) is 0 Å². The van der Waals surface area contributed by atoms with Gasteiger partial charge >= 0.3 is 5.97 Å². The summed E-state index contributed by atoms with van der Waals surface area (Å²) >= 11 is 6.82. The van der Waals surface area contributed by atoms with E-state index in [9.17, 15) is 31.2 Å². The van der Waals surface area contributed by atoms with E-state index in [2.05, 4.69) is 10.3 Å². The van der Waals surface area contributed by atoms with Crippen molar-refractivity contribution in [3.63, 3.8) is 0 Å². The Morgan fingerprint density at radius 1 is 1.08 bits per heavy atom. The van der Waals surface area contributed by atoms with E-state index < -0.39 is 51.5 Å². The van der Waals surface area contributed by atoms with Gasteiger partial charge in [0.15, 0.2) is 29.2 Å². The van der Waals surface area contributed by atoms with Crippen LogP contribution in [0.2, 0.25) is 5.02 Å². The first-order valence-corrected chi connectivity index (χ1v) is 13.4. The van der Waals surface area contributed by atoms with E-state index in [-0.39, 0.29) is 25.3 Å². The minimum atomic E-state index is -3.94. The first kappa shape index (κ1) is 26.3. The maximum absolute atomic E-state index is 13.8. The lowest BCUT2D eigenvalue weighted by molar-refractivity contribution is -0.119. The Bertz CT molecular complexity index is 1440. The van der Waals surface area contributed by atoms with Crippen molar-refractivity contribution in [3.8, 4) is 0 Å². The summed E-state index contributed by atoms with van der Waals surface area (Å²) < 4.78 is 73.0. The van der Waals surface area contributed by atoms with Gasteiger partial charge in [-0.05, 0) is 37.1 Å². The molecular formula is C22H19ClF3N3O5S2. The van der Waals surface area contributed by atoms with Crippen molar-refractivity contribution in [2.24, 2.45) is 0 Å². The zero-order chi connectivity index (χ0) is 26.0. The van der Waals surface area contributed by atoms with Gasteiger partial charge < -0.3 is 4.74 Å². The van der Waals surface area contributed by atoms with Gasteiger partial charge in [-0.2, -0.15) is 4.31 Å². The van der Waals surface area contributed by atoms with Crippen molar-refractivity contribution in [2.75, 3.05) is 25.0 Å². The average Bonchev–Trinajstić information content (AvgIpc) is 3.04. The lowest BCUT2D eigenvalue weighted by atomic mass is 10.2. The largest absolute Gasteiger partial charge is 0.452 e. The number of sulfonamides is 1. The number of esters is 1. The molecule has 1 aliphatic heterocycles. The number of anilines is 1. The minimum absolute atomic E-state index is 0.0296. The molecule has 4 rings (SSSR count). The Kier molecular flexibility index (Phi) is 7.83. The summed E-state index contributed by atoms with van der Waals surface area (Å²) in [7, 11) is -3.94. The predicted molar refractivity (Wildman–Crippen MR) is 127 cm³/mol. The first-order valence-electron chi connectivity index (χ1n) is 10.8. The number of benzene rings is 2. The van der Waals surface area contributed by atoms with E-state index in [0.717, 1.165) is 37.8 Å². The number of rotatable bonds is 6. The third-order valence-electron chi connectivity index (χ3n) is 5.45. The highest BCUT2D eigenvalue weighted by Crippen LogP contribution is 2.31. The molecule has 0 bridgehead atoms. The molecular weight excluding hydrogens is 543 g/mol. The fourth-order valence-electron chi connectivity index (χ4n) is 3.65. The summed E-state index contributed by atoms with van der Waals surface area (Å²) in [4.78, 5) is 28.1. The number of nitrogens with zero attached hydrogens (tertiary/aromatic N) is 2. The standard InChI is InChI=1S/C22H19ClF3N3O5S2/c23-13-6-5-12(9-16(13)36(32,33)29-7-3-1-2-4-8-29)21(31)34-11-17(30)27-22-28-20-15(35-22)10-14(24)18(25)19(20)26/h5-6,9-10H,1-4,7-8,11H2,(H,27,28,30). The number of carbonyl (C=O) groups excluding carboxylic acids is 2. The van der Waals surface area contributed by atoms with Crippen molar-refractivity contribution in [2.45, 2.75) is 30.6 Å². The molecule has 2 heterocycles. The van der Waals surface area contributed by atoms with E-state index in [0.29, 0.717) is 24.4 Å². The molecule has 0 unspecified atom stereocenters. The van der Waals surface area contributed by atoms with Crippen molar-refractivity contribution < 1.29 is 35.9 Å². The summed E-state index contributed by atoms with van der Waals surface area (Å²) in [6, 6.07) is 4.38. The van der Waals surface area contributed by atoms with Gasteiger partial charge in [-0.15, -0.1) is 0 Å². The number of amides is 1. The number of aromatic nitrogens is 1. The molecule has 1 aliphatic rings. The summed E-state index contributed by atoms with van der Waals surface area (Å²) in [5, 5.41) is 2.04. The lowest BCUT2D eigenvalue weighted by Gasteiger charge is -2.21. The summed E-state index contributed by atoms with van der Waals surface area (Å²) in [5.41, 5.74) is -0.584. The van der Waals surface area contributed by atoms with Crippen LogP contribution >= 0.6 is 22.9 Å². The minimum Gasteiger partial charge on any atom is -0.452 e. The Hall–Kier alpha value is -2.74. The number of nitrogens with one attached hydrogen (secondary N) is 1. The third-order valence-corrected chi connectivity index (χ3v) is 8.75. The molecule has 1 aromatic heterocycles. The number of hydrogen-bond donors (Lipinski definition) is 1. The fraction of sp³-hybridized carbons (Fsp3) is 0.318. The van der Waals surface area contributed by atoms with E-state index in [1.54, 1.807) is 0 Å². The Morgan fingerprint density at radius 3 is 2.47 bits per heavy atom. The van der Waals surface area contributed by atoms with Gasteiger partial charge in [0, 0.05) is 13.1 Å². The smallest absolute Gasteiger partial charge is 0.338 e. The van der Waals surface area contributed by atoms with Gasteiger partial charge in [0.2, 0.25) is 10.0 Å². The number of carbonyl (C=O) groups is 2. The molecule has 0 saturated carbocycles. The van der Waals surface area contributed by atoms with Gasteiger partial charge in [-0.3, -0.25) is 10.1 Å². The molecule has 36 heavy (non-hydrogen) atoms. The van der Waals surface area contributed by atoms with Gasteiger partial charge in [0.25, 0.3) is 5.91 Å². The third kappa shape index (κ3) is 5.48. The molecule has 8 nitrogen and oxygen atoms in total. The van der Waals surface area contributed by atoms with Crippen LogP contribution < -0.4 is 5.32 Å². The topological polar surface area (TPSA) is 106 Å². The molecule has 0 spiro atoms. The van der Waals surface area contributed by atoms with Gasteiger partial charge in [0.1, 0.15) is 10.4 Å². The molecule has 1 amide bonds. The second-order valence-corrected chi connectivity index (χ2v) is 11.3. The second-order valence-electron chi connectivity index (χ2n) is 7.94. The summed E-state index contributed by atoms with van der Waals surface area (Å²) in [6.07, 6.45) is 3.29. The number of ether oxygens (including phenoxy) is 1. The van der Waals surface area contributed by atoms with Crippen LogP contribution in [0, 0.1) is 17.5 Å². The highest BCUT2D eigenvalue weighted by atomic mass is 35.5. The Balaban J connectivity index is 1.43. The monoisotopic (exact) mass is 561 g/mol. The van der Waals surface area contributed by atoms with Crippen molar-refractivity contribution in [1.82, 2.24) is 9.29 Å². The molecule has 1 fully saturated rings. The zero-order valence-electron chi connectivity index (χ0n) is 18.5. The molecule has 0 atom stereocenters.